The Hall–Kier alpha value is -1.65. The molecule has 1 saturated carbocycles. The smallest absolute Gasteiger partial charge is 0.224 e. The van der Waals surface area contributed by atoms with Gasteiger partial charge < -0.3 is 10.1 Å². The second-order valence-corrected chi connectivity index (χ2v) is 7.14. The van der Waals surface area contributed by atoms with E-state index >= 15 is 0 Å². The maximum absolute atomic E-state index is 12.3. The fourth-order valence-electron chi connectivity index (χ4n) is 2.79. The first-order valence-electron chi connectivity index (χ1n) is 7.59. The van der Waals surface area contributed by atoms with Crippen molar-refractivity contribution in [3.05, 3.63) is 57.3 Å². The van der Waals surface area contributed by atoms with Gasteiger partial charge in [0.1, 0.15) is 0 Å². The van der Waals surface area contributed by atoms with E-state index in [1.807, 2.05) is 24.3 Å². The molecule has 1 aliphatic rings. The third-order valence-electron chi connectivity index (χ3n) is 4.13. The van der Waals surface area contributed by atoms with Crippen molar-refractivity contribution in [2.75, 3.05) is 7.11 Å². The summed E-state index contributed by atoms with van der Waals surface area (Å²) < 4.78 is 5.20. The molecule has 116 valence electrons. The van der Waals surface area contributed by atoms with E-state index in [2.05, 4.69) is 24.4 Å². The molecule has 3 rings (SSSR count). The van der Waals surface area contributed by atoms with E-state index in [-0.39, 0.29) is 11.8 Å². The summed E-state index contributed by atoms with van der Waals surface area (Å²) in [7, 11) is 1.69. The van der Waals surface area contributed by atoms with Gasteiger partial charge in [-0.05, 0) is 36.6 Å². The highest BCUT2D eigenvalue weighted by atomic mass is 32.1. The van der Waals surface area contributed by atoms with Gasteiger partial charge in [0.2, 0.25) is 5.91 Å². The van der Waals surface area contributed by atoms with E-state index in [4.69, 9.17) is 4.74 Å². The first kappa shape index (κ1) is 15.3. The van der Waals surface area contributed by atoms with Crippen molar-refractivity contribution in [3.63, 3.8) is 0 Å². The van der Waals surface area contributed by atoms with Gasteiger partial charge in [-0.1, -0.05) is 24.3 Å². The molecular weight excluding hydrogens is 294 g/mol. The number of hydrogen-bond donors (Lipinski definition) is 1. The number of carbonyl (C=O) groups excluding carboxylic acids is 1. The Kier molecular flexibility index (Phi) is 4.60. The topological polar surface area (TPSA) is 38.3 Å². The zero-order valence-electron chi connectivity index (χ0n) is 13.0. The Bertz CT molecular complexity index is 665. The van der Waals surface area contributed by atoms with Crippen molar-refractivity contribution in [1.82, 2.24) is 5.32 Å². The summed E-state index contributed by atoms with van der Waals surface area (Å²) in [4.78, 5) is 15.0. The summed E-state index contributed by atoms with van der Waals surface area (Å²) in [6, 6.07) is 12.4. The molecule has 0 unspecified atom stereocenters. The van der Waals surface area contributed by atoms with Crippen LogP contribution >= 0.6 is 11.3 Å². The minimum atomic E-state index is 0.146. The number of rotatable bonds is 6. The lowest BCUT2D eigenvalue weighted by Gasteiger charge is -2.10. The van der Waals surface area contributed by atoms with Crippen LogP contribution in [0.1, 0.15) is 33.2 Å². The number of benzene rings is 1. The molecule has 0 bridgehead atoms. The van der Waals surface area contributed by atoms with Gasteiger partial charge in [0.15, 0.2) is 0 Å². The van der Waals surface area contributed by atoms with Gasteiger partial charge in [0.05, 0.1) is 6.61 Å². The van der Waals surface area contributed by atoms with Crippen LogP contribution < -0.4 is 5.32 Å². The Morgan fingerprint density at radius 3 is 2.73 bits per heavy atom. The standard InChI is InChI=1S/C18H21NO2S/c1-12-7-8-17(22-12)15-9-16(15)18(20)19-10-13-5-3-4-6-14(13)11-21-2/h3-8,15-16H,9-11H2,1-2H3,(H,19,20)/t15-,16+/m0/s1. The third-order valence-corrected chi connectivity index (χ3v) is 5.26. The second-order valence-electron chi connectivity index (χ2n) is 5.82. The number of amides is 1. The molecule has 0 spiro atoms. The molecular formula is C18H21NO2S. The zero-order chi connectivity index (χ0) is 15.5. The van der Waals surface area contributed by atoms with Crippen molar-refractivity contribution in [2.24, 2.45) is 5.92 Å². The summed E-state index contributed by atoms with van der Waals surface area (Å²) in [6.07, 6.45) is 0.978. The second kappa shape index (κ2) is 6.63. The van der Waals surface area contributed by atoms with Gasteiger partial charge in [0.25, 0.3) is 0 Å². The average Bonchev–Trinajstić information content (AvgIpc) is 3.21. The lowest BCUT2D eigenvalue weighted by molar-refractivity contribution is -0.122. The fraction of sp³-hybridized carbons (Fsp3) is 0.389. The molecule has 4 heteroatoms. The molecule has 3 nitrogen and oxygen atoms in total. The van der Waals surface area contributed by atoms with Gasteiger partial charge in [-0.15, -0.1) is 11.3 Å². The molecule has 1 N–H and O–H groups in total. The summed E-state index contributed by atoms with van der Waals surface area (Å²) in [5.74, 6) is 0.740. The number of methoxy groups -OCH3 is 1. The maximum atomic E-state index is 12.3. The summed E-state index contributed by atoms with van der Waals surface area (Å²) in [5.41, 5.74) is 2.26. The predicted molar refractivity (Wildman–Crippen MR) is 88.9 cm³/mol. The first-order chi connectivity index (χ1) is 10.7. The number of hydrogen-bond acceptors (Lipinski definition) is 3. The molecule has 0 aliphatic heterocycles. The monoisotopic (exact) mass is 315 g/mol. The SMILES string of the molecule is COCc1ccccc1CNC(=O)[C@@H]1C[C@@H]1c1ccc(C)s1. The van der Waals surface area contributed by atoms with Gasteiger partial charge in [-0.2, -0.15) is 0 Å². The summed E-state index contributed by atoms with van der Waals surface area (Å²) in [6.45, 7) is 3.26. The highest BCUT2D eigenvalue weighted by Crippen LogP contribution is 2.49. The quantitative estimate of drug-likeness (QED) is 0.884. The van der Waals surface area contributed by atoms with Gasteiger partial charge >= 0.3 is 0 Å². The van der Waals surface area contributed by atoms with Crippen molar-refractivity contribution in [3.8, 4) is 0 Å². The predicted octanol–water partition coefficient (Wildman–Crippen LogP) is 3.62. The van der Waals surface area contributed by atoms with Crippen molar-refractivity contribution < 1.29 is 9.53 Å². The third kappa shape index (κ3) is 3.39. The minimum Gasteiger partial charge on any atom is -0.380 e. The Labute approximate surface area is 135 Å². The van der Waals surface area contributed by atoms with Crippen LogP contribution in [-0.2, 0) is 22.7 Å². The summed E-state index contributed by atoms with van der Waals surface area (Å²) in [5, 5.41) is 3.08. The number of aryl methyl sites for hydroxylation is 1. The normalized spacial score (nSPS) is 19.9. The van der Waals surface area contributed by atoms with Crippen molar-refractivity contribution >= 4 is 17.2 Å². The highest BCUT2D eigenvalue weighted by molar-refractivity contribution is 7.12. The minimum absolute atomic E-state index is 0.146. The van der Waals surface area contributed by atoms with E-state index < -0.39 is 0 Å². The number of thiophene rings is 1. The Morgan fingerprint density at radius 2 is 2.05 bits per heavy atom. The average molecular weight is 315 g/mol. The molecule has 1 aromatic carbocycles. The largest absolute Gasteiger partial charge is 0.380 e. The highest BCUT2D eigenvalue weighted by Gasteiger charge is 2.44. The zero-order valence-corrected chi connectivity index (χ0v) is 13.8. The van der Waals surface area contributed by atoms with Gasteiger partial charge in [-0.3, -0.25) is 4.79 Å². The lowest BCUT2D eigenvalue weighted by atomic mass is 10.1. The van der Waals surface area contributed by atoms with E-state index in [9.17, 15) is 4.79 Å². The molecule has 1 aliphatic carbocycles. The lowest BCUT2D eigenvalue weighted by Crippen LogP contribution is -2.25. The molecule has 0 saturated heterocycles. The molecule has 22 heavy (non-hydrogen) atoms. The van der Waals surface area contributed by atoms with Crippen LogP contribution in [0.5, 0.6) is 0 Å². The van der Waals surface area contributed by atoms with E-state index in [0.717, 1.165) is 17.5 Å². The molecule has 1 heterocycles. The molecule has 1 fully saturated rings. The van der Waals surface area contributed by atoms with Crippen LogP contribution in [0.4, 0.5) is 0 Å². The maximum Gasteiger partial charge on any atom is 0.224 e. The van der Waals surface area contributed by atoms with Crippen LogP contribution in [0.2, 0.25) is 0 Å². The number of ether oxygens (including phenoxy) is 1. The van der Waals surface area contributed by atoms with E-state index in [1.165, 1.54) is 9.75 Å². The first-order valence-corrected chi connectivity index (χ1v) is 8.40. The van der Waals surface area contributed by atoms with Gasteiger partial charge in [-0.25, -0.2) is 0 Å². The van der Waals surface area contributed by atoms with Crippen LogP contribution in [0.3, 0.4) is 0 Å². The van der Waals surface area contributed by atoms with E-state index in [1.54, 1.807) is 18.4 Å². The molecule has 0 radical (unpaired) electrons. The Balaban J connectivity index is 1.55. The van der Waals surface area contributed by atoms with Gasteiger partial charge in [0, 0.05) is 35.2 Å². The van der Waals surface area contributed by atoms with Crippen LogP contribution in [0.15, 0.2) is 36.4 Å². The summed E-state index contributed by atoms with van der Waals surface area (Å²) >= 11 is 1.81. The number of carbonyl (C=O) groups is 1. The van der Waals surface area contributed by atoms with Crippen LogP contribution in [0.25, 0.3) is 0 Å². The molecule has 1 aromatic heterocycles. The van der Waals surface area contributed by atoms with Crippen molar-refractivity contribution in [2.45, 2.75) is 32.4 Å². The molecule has 2 aromatic rings. The van der Waals surface area contributed by atoms with Crippen molar-refractivity contribution in [1.29, 1.82) is 0 Å². The van der Waals surface area contributed by atoms with E-state index in [0.29, 0.717) is 19.1 Å². The Morgan fingerprint density at radius 1 is 1.27 bits per heavy atom. The van der Waals surface area contributed by atoms with Crippen LogP contribution in [0, 0.1) is 12.8 Å². The molecule has 2 atom stereocenters. The van der Waals surface area contributed by atoms with Crippen LogP contribution in [-0.4, -0.2) is 13.0 Å². The number of nitrogens with one attached hydrogen (secondary N) is 1. The molecule has 1 amide bonds. The fourth-order valence-corrected chi connectivity index (χ4v) is 3.85.